The van der Waals surface area contributed by atoms with Gasteiger partial charge in [0.1, 0.15) is 0 Å². The molecule has 8 heteroatoms. The Kier molecular flexibility index (Phi) is 6.82. The number of benzene rings is 2. The van der Waals surface area contributed by atoms with Gasteiger partial charge in [-0.1, -0.05) is 37.5 Å². The molecule has 1 aliphatic carbocycles. The van der Waals surface area contributed by atoms with Gasteiger partial charge in [0, 0.05) is 13.0 Å². The summed E-state index contributed by atoms with van der Waals surface area (Å²) < 4.78 is 10.7. The van der Waals surface area contributed by atoms with Gasteiger partial charge >= 0.3 is 5.97 Å². The number of rotatable bonds is 8. The van der Waals surface area contributed by atoms with Gasteiger partial charge < -0.3 is 25.2 Å². The van der Waals surface area contributed by atoms with Gasteiger partial charge in [0.05, 0.1) is 17.7 Å². The van der Waals surface area contributed by atoms with Crippen LogP contribution in [-0.4, -0.2) is 29.7 Å². The average molecular weight is 453 g/mol. The molecule has 2 aromatic carbocycles. The molecule has 1 fully saturated rings. The van der Waals surface area contributed by atoms with Crippen molar-refractivity contribution in [1.29, 1.82) is 0 Å². The number of nitrogens with one attached hydrogen (secondary N) is 2. The first-order valence-corrected chi connectivity index (χ1v) is 11.2. The van der Waals surface area contributed by atoms with E-state index in [0.717, 1.165) is 37.7 Å². The number of carbonyl (C=O) groups is 3. The van der Waals surface area contributed by atoms with E-state index in [4.69, 9.17) is 9.47 Å². The lowest BCUT2D eigenvalue weighted by molar-refractivity contribution is -0.140. The fourth-order valence-electron chi connectivity index (χ4n) is 4.69. The van der Waals surface area contributed by atoms with E-state index in [1.165, 1.54) is 0 Å². The number of para-hydroxylation sites is 1. The average Bonchev–Trinajstić information content (AvgIpc) is 3.25. The molecule has 4 rings (SSSR count). The van der Waals surface area contributed by atoms with Crippen LogP contribution in [0, 0.1) is 5.41 Å². The highest BCUT2D eigenvalue weighted by atomic mass is 16.7. The summed E-state index contributed by atoms with van der Waals surface area (Å²) in [5, 5.41) is 15.1. The van der Waals surface area contributed by atoms with Gasteiger partial charge in [0.2, 0.25) is 12.7 Å². The molecule has 3 N–H and O–H groups in total. The number of carbonyl (C=O) groups excluding carboxylic acids is 2. The minimum absolute atomic E-state index is 0.0158. The molecule has 1 heterocycles. The molecule has 8 nitrogen and oxygen atoms in total. The summed E-state index contributed by atoms with van der Waals surface area (Å²) >= 11 is 0. The molecule has 174 valence electrons. The third-order valence-electron chi connectivity index (χ3n) is 6.31. The van der Waals surface area contributed by atoms with Crippen LogP contribution in [0.2, 0.25) is 0 Å². The van der Waals surface area contributed by atoms with Crippen molar-refractivity contribution < 1.29 is 29.0 Å². The van der Waals surface area contributed by atoms with Crippen LogP contribution in [-0.2, 0) is 16.1 Å². The summed E-state index contributed by atoms with van der Waals surface area (Å²) in [5.41, 5.74) is 1.10. The maximum absolute atomic E-state index is 12.9. The van der Waals surface area contributed by atoms with Crippen LogP contribution in [0.4, 0.5) is 5.69 Å². The molecule has 0 radical (unpaired) electrons. The molecular formula is C25H28N2O6. The van der Waals surface area contributed by atoms with Gasteiger partial charge in [-0.2, -0.15) is 0 Å². The molecule has 1 saturated carbocycles. The van der Waals surface area contributed by atoms with Crippen molar-refractivity contribution in [2.45, 2.75) is 51.5 Å². The Hall–Kier alpha value is -3.55. The predicted octanol–water partition coefficient (Wildman–Crippen LogP) is 4.10. The molecule has 0 bridgehead atoms. The van der Waals surface area contributed by atoms with E-state index in [1.807, 2.05) is 12.1 Å². The van der Waals surface area contributed by atoms with Crippen LogP contribution in [0.3, 0.4) is 0 Å². The number of fused-ring (bicyclic) bond motifs is 1. The molecule has 0 saturated heterocycles. The lowest BCUT2D eigenvalue weighted by Gasteiger charge is -2.35. The normalized spacial score (nSPS) is 16.1. The summed E-state index contributed by atoms with van der Waals surface area (Å²) in [6.45, 7) is 0.478. The first-order chi connectivity index (χ1) is 15.9. The molecule has 0 atom stereocenters. The Morgan fingerprint density at radius 3 is 2.48 bits per heavy atom. The van der Waals surface area contributed by atoms with Gasteiger partial charge in [0.15, 0.2) is 11.5 Å². The predicted molar refractivity (Wildman–Crippen MR) is 121 cm³/mol. The lowest BCUT2D eigenvalue weighted by Crippen LogP contribution is -2.32. The minimum Gasteiger partial charge on any atom is -0.481 e. The Morgan fingerprint density at radius 1 is 0.939 bits per heavy atom. The van der Waals surface area contributed by atoms with Crippen LogP contribution < -0.4 is 20.1 Å². The molecule has 0 aromatic heterocycles. The fraction of sp³-hybridized carbons (Fsp3) is 0.400. The van der Waals surface area contributed by atoms with Crippen molar-refractivity contribution in [2.75, 3.05) is 12.1 Å². The van der Waals surface area contributed by atoms with Crippen molar-refractivity contribution in [3.63, 3.8) is 0 Å². The summed E-state index contributed by atoms with van der Waals surface area (Å²) in [6, 6.07) is 12.3. The van der Waals surface area contributed by atoms with Crippen LogP contribution in [0.15, 0.2) is 42.5 Å². The first-order valence-electron chi connectivity index (χ1n) is 11.2. The molecule has 0 spiro atoms. The van der Waals surface area contributed by atoms with E-state index in [-0.39, 0.29) is 31.4 Å². The molecule has 2 amide bonds. The van der Waals surface area contributed by atoms with Crippen molar-refractivity contribution >= 4 is 23.5 Å². The Bertz CT molecular complexity index is 1040. The van der Waals surface area contributed by atoms with Crippen LogP contribution >= 0.6 is 0 Å². The van der Waals surface area contributed by atoms with E-state index in [2.05, 4.69) is 10.6 Å². The third kappa shape index (κ3) is 5.63. The third-order valence-corrected chi connectivity index (χ3v) is 6.31. The number of anilines is 1. The summed E-state index contributed by atoms with van der Waals surface area (Å²) in [6.07, 6.45) is 4.49. The largest absolute Gasteiger partial charge is 0.481 e. The van der Waals surface area contributed by atoms with E-state index in [9.17, 15) is 19.5 Å². The number of carboxylic acid groups (broad SMARTS) is 1. The van der Waals surface area contributed by atoms with E-state index in [0.29, 0.717) is 29.3 Å². The highest BCUT2D eigenvalue weighted by molar-refractivity contribution is 6.03. The molecular weight excluding hydrogens is 424 g/mol. The molecule has 33 heavy (non-hydrogen) atoms. The zero-order chi connectivity index (χ0) is 23.3. The number of hydrogen-bond acceptors (Lipinski definition) is 5. The minimum atomic E-state index is -0.881. The van der Waals surface area contributed by atoms with E-state index < -0.39 is 11.4 Å². The summed E-state index contributed by atoms with van der Waals surface area (Å²) in [5.74, 6) is -0.146. The quantitative estimate of drug-likeness (QED) is 0.556. The van der Waals surface area contributed by atoms with E-state index in [1.54, 1.807) is 30.3 Å². The van der Waals surface area contributed by atoms with Crippen molar-refractivity contribution in [3.8, 4) is 11.5 Å². The topological polar surface area (TPSA) is 114 Å². The second-order valence-corrected chi connectivity index (χ2v) is 8.77. The molecule has 2 aliphatic rings. The summed E-state index contributed by atoms with van der Waals surface area (Å²) in [4.78, 5) is 37.1. The zero-order valence-electron chi connectivity index (χ0n) is 18.4. The first kappa shape index (κ1) is 22.6. The Balaban J connectivity index is 1.40. The van der Waals surface area contributed by atoms with Gasteiger partial charge in [-0.05, 0) is 48.1 Å². The van der Waals surface area contributed by atoms with Crippen molar-refractivity contribution in [1.82, 2.24) is 5.32 Å². The number of ether oxygens (including phenoxy) is 2. The number of hydrogen-bond donors (Lipinski definition) is 3. The van der Waals surface area contributed by atoms with E-state index >= 15 is 0 Å². The Morgan fingerprint density at radius 2 is 1.70 bits per heavy atom. The second-order valence-electron chi connectivity index (χ2n) is 8.77. The Labute approximate surface area is 192 Å². The molecule has 2 aromatic rings. The standard InChI is InChI=1S/C25H28N2O6/c28-22(13-25(14-23(29)30)10-4-1-5-11-25)27-19-7-3-2-6-18(19)24(31)26-15-17-8-9-20-21(12-17)33-16-32-20/h2-3,6-9,12H,1,4-5,10-11,13-16H2,(H,26,31)(H,27,28)(H,29,30). The molecule has 1 aliphatic heterocycles. The maximum Gasteiger partial charge on any atom is 0.303 e. The highest BCUT2D eigenvalue weighted by Gasteiger charge is 2.36. The SMILES string of the molecule is O=C(O)CC1(CC(=O)Nc2ccccc2C(=O)NCc2ccc3c(c2)OCO3)CCCCC1. The number of amides is 2. The summed E-state index contributed by atoms with van der Waals surface area (Å²) in [7, 11) is 0. The van der Waals surface area contributed by atoms with Crippen LogP contribution in [0.1, 0.15) is 60.9 Å². The maximum atomic E-state index is 12.9. The van der Waals surface area contributed by atoms with Crippen molar-refractivity contribution in [3.05, 3.63) is 53.6 Å². The van der Waals surface area contributed by atoms with Gasteiger partial charge in [0.25, 0.3) is 5.91 Å². The van der Waals surface area contributed by atoms with Gasteiger partial charge in [-0.25, -0.2) is 0 Å². The number of aliphatic carboxylic acids is 1. The van der Waals surface area contributed by atoms with Crippen LogP contribution in [0.5, 0.6) is 11.5 Å². The number of carboxylic acids is 1. The smallest absolute Gasteiger partial charge is 0.303 e. The fourth-order valence-corrected chi connectivity index (χ4v) is 4.69. The highest BCUT2D eigenvalue weighted by Crippen LogP contribution is 2.42. The zero-order valence-corrected chi connectivity index (χ0v) is 18.4. The molecule has 0 unspecified atom stereocenters. The second kappa shape index (κ2) is 9.94. The van der Waals surface area contributed by atoms with Gasteiger partial charge in [-0.3, -0.25) is 14.4 Å². The lowest BCUT2D eigenvalue weighted by atomic mass is 9.69. The van der Waals surface area contributed by atoms with Gasteiger partial charge in [-0.15, -0.1) is 0 Å². The van der Waals surface area contributed by atoms with Crippen LogP contribution in [0.25, 0.3) is 0 Å². The van der Waals surface area contributed by atoms with Crippen molar-refractivity contribution in [2.24, 2.45) is 5.41 Å². The monoisotopic (exact) mass is 452 g/mol.